The quantitative estimate of drug-likeness (QED) is 0.574. The van der Waals surface area contributed by atoms with Gasteiger partial charge in [0.2, 0.25) is 5.91 Å². The minimum absolute atomic E-state index is 0.0103. The number of Topliss-reactive ketones (excluding diaryl/α,β-unsaturated/α-hetero) is 1. The molecule has 0 aliphatic carbocycles. The van der Waals surface area contributed by atoms with E-state index in [0.717, 1.165) is 5.75 Å². The molecule has 1 aromatic rings. The first-order valence-corrected chi connectivity index (χ1v) is 8.31. The molecule has 132 valence electrons. The van der Waals surface area contributed by atoms with E-state index in [1.807, 2.05) is 4.90 Å². The second-order valence-electron chi connectivity index (χ2n) is 5.92. The largest absolute Gasteiger partial charge is 0.497 e. The van der Waals surface area contributed by atoms with Crippen molar-refractivity contribution < 1.29 is 19.1 Å². The second kappa shape index (κ2) is 9.39. The summed E-state index contributed by atoms with van der Waals surface area (Å²) >= 11 is 0. The maximum Gasteiger partial charge on any atom is 0.236 e. The predicted octanol–water partition coefficient (Wildman–Crippen LogP) is 1.35. The number of ketones is 1. The van der Waals surface area contributed by atoms with Crippen LogP contribution in [0.1, 0.15) is 23.2 Å². The van der Waals surface area contributed by atoms with Crippen LogP contribution in [0.4, 0.5) is 0 Å². The molecule has 1 heterocycles. The van der Waals surface area contributed by atoms with Crippen LogP contribution < -0.4 is 10.1 Å². The molecule has 0 atom stereocenters. The minimum atomic E-state index is -0.0103. The molecule has 1 aromatic carbocycles. The Bertz CT molecular complexity index is 536. The van der Waals surface area contributed by atoms with Crippen LogP contribution in [0.25, 0.3) is 0 Å². The number of carbonyl (C=O) groups excluding carboxylic acids is 2. The first-order valence-electron chi connectivity index (χ1n) is 8.31. The number of hydrogen-bond donors (Lipinski definition) is 1. The number of hydrogen-bond acceptors (Lipinski definition) is 5. The third kappa shape index (κ3) is 5.04. The van der Waals surface area contributed by atoms with Crippen molar-refractivity contribution in [1.82, 2.24) is 10.2 Å². The molecule has 1 aliphatic rings. The van der Waals surface area contributed by atoms with E-state index >= 15 is 0 Å². The van der Waals surface area contributed by atoms with Crippen LogP contribution >= 0.6 is 0 Å². The Kier molecular flexibility index (Phi) is 7.21. The van der Waals surface area contributed by atoms with Gasteiger partial charge in [-0.25, -0.2) is 0 Å². The lowest BCUT2D eigenvalue weighted by Gasteiger charge is -2.31. The van der Waals surface area contributed by atoms with Gasteiger partial charge in [0.15, 0.2) is 5.78 Å². The number of amides is 1. The molecule has 0 saturated carbocycles. The van der Waals surface area contributed by atoms with Crippen molar-refractivity contribution in [3.63, 3.8) is 0 Å². The van der Waals surface area contributed by atoms with Crippen molar-refractivity contribution in [3.05, 3.63) is 29.8 Å². The van der Waals surface area contributed by atoms with Gasteiger partial charge in [-0.15, -0.1) is 0 Å². The highest BCUT2D eigenvalue weighted by molar-refractivity contribution is 5.98. The second-order valence-corrected chi connectivity index (χ2v) is 5.92. The van der Waals surface area contributed by atoms with E-state index in [2.05, 4.69) is 5.32 Å². The molecule has 1 saturated heterocycles. The van der Waals surface area contributed by atoms with Gasteiger partial charge in [-0.2, -0.15) is 0 Å². The molecule has 2 rings (SSSR count). The molecule has 0 spiro atoms. The summed E-state index contributed by atoms with van der Waals surface area (Å²) in [6.07, 6.45) is 1.43. The van der Waals surface area contributed by atoms with Crippen molar-refractivity contribution in [2.75, 3.05) is 47.0 Å². The molecule has 1 N–H and O–H groups in total. The van der Waals surface area contributed by atoms with Crippen LogP contribution in [-0.4, -0.2) is 63.6 Å². The Hall–Kier alpha value is -1.92. The number of ether oxygens (including phenoxy) is 2. The van der Waals surface area contributed by atoms with Crippen LogP contribution in [-0.2, 0) is 9.53 Å². The van der Waals surface area contributed by atoms with Crippen molar-refractivity contribution in [3.8, 4) is 5.75 Å². The Labute approximate surface area is 143 Å². The zero-order valence-electron chi connectivity index (χ0n) is 14.4. The first kappa shape index (κ1) is 18.4. The third-order valence-corrected chi connectivity index (χ3v) is 4.35. The highest BCUT2D eigenvalue weighted by Crippen LogP contribution is 2.23. The fourth-order valence-corrected chi connectivity index (χ4v) is 2.86. The Morgan fingerprint density at radius 2 is 1.83 bits per heavy atom. The van der Waals surface area contributed by atoms with Crippen molar-refractivity contribution in [2.24, 2.45) is 5.92 Å². The van der Waals surface area contributed by atoms with E-state index in [-0.39, 0.29) is 17.6 Å². The molecule has 24 heavy (non-hydrogen) atoms. The lowest BCUT2D eigenvalue weighted by atomic mass is 9.89. The van der Waals surface area contributed by atoms with E-state index in [1.165, 1.54) is 0 Å². The van der Waals surface area contributed by atoms with Gasteiger partial charge in [-0.3, -0.25) is 9.59 Å². The molecule has 0 aromatic heterocycles. The predicted molar refractivity (Wildman–Crippen MR) is 91.4 cm³/mol. The monoisotopic (exact) mass is 334 g/mol. The van der Waals surface area contributed by atoms with Gasteiger partial charge in [0.1, 0.15) is 5.75 Å². The number of nitrogens with one attached hydrogen (secondary N) is 1. The lowest BCUT2D eigenvalue weighted by Crippen LogP contribution is -2.44. The highest BCUT2D eigenvalue weighted by Gasteiger charge is 2.27. The maximum absolute atomic E-state index is 12.5. The standard InChI is InChI=1S/C18H26N2O4/c1-23-12-9-19-13-17(21)20-10-7-15(8-11-20)18(22)14-3-5-16(24-2)6-4-14/h3-6,15,19H,7-13H2,1-2H3. The van der Waals surface area contributed by atoms with Gasteiger partial charge in [0.25, 0.3) is 0 Å². The summed E-state index contributed by atoms with van der Waals surface area (Å²) in [7, 11) is 3.24. The highest BCUT2D eigenvalue weighted by atomic mass is 16.5. The topological polar surface area (TPSA) is 67.9 Å². The minimum Gasteiger partial charge on any atom is -0.497 e. The summed E-state index contributed by atoms with van der Waals surface area (Å²) in [5.41, 5.74) is 0.710. The van der Waals surface area contributed by atoms with Gasteiger partial charge in [0, 0.05) is 38.2 Å². The number of nitrogens with zero attached hydrogens (tertiary/aromatic N) is 1. The fourth-order valence-electron chi connectivity index (χ4n) is 2.86. The van der Waals surface area contributed by atoms with E-state index in [4.69, 9.17) is 9.47 Å². The zero-order chi connectivity index (χ0) is 17.4. The SMILES string of the molecule is COCCNCC(=O)N1CCC(C(=O)c2ccc(OC)cc2)CC1. The van der Waals surface area contributed by atoms with E-state index in [9.17, 15) is 9.59 Å². The van der Waals surface area contributed by atoms with Crippen LogP contribution in [0.3, 0.4) is 0 Å². The number of likely N-dealkylation sites (tertiary alicyclic amines) is 1. The molecule has 1 fully saturated rings. The van der Waals surface area contributed by atoms with Crippen LogP contribution in [0.5, 0.6) is 5.75 Å². The summed E-state index contributed by atoms with van der Waals surface area (Å²) in [6, 6.07) is 7.21. The normalized spacial score (nSPS) is 15.3. The molecule has 6 heteroatoms. The van der Waals surface area contributed by atoms with E-state index in [0.29, 0.717) is 51.2 Å². The molecule has 1 aliphatic heterocycles. The first-order chi connectivity index (χ1) is 11.7. The third-order valence-electron chi connectivity index (χ3n) is 4.35. The lowest BCUT2D eigenvalue weighted by molar-refractivity contribution is -0.131. The number of methoxy groups -OCH3 is 2. The number of piperidine rings is 1. The summed E-state index contributed by atoms with van der Waals surface area (Å²) in [4.78, 5) is 26.5. The summed E-state index contributed by atoms with van der Waals surface area (Å²) in [5, 5.41) is 3.06. The van der Waals surface area contributed by atoms with Crippen LogP contribution in [0.2, 0.25) is 0 Å². The fraction of sp³-hybridized carbons (Fsp3) is 0.556. The van der Waals surface area contributed by atoms with Crippen molar-refractivity contribution in [2.45, 2.75) is 12.8 Å². The molecule has 0 radical (unpaired) electrons. The van der Waals surface area contributed by atoms with Crippen LogP contribution in [0.15, 0.2) is 24.3 Å². The molecule has 0 bridgehead atoms. The Morgan fingerprint density at radius 1 is 1.17 bits per heavy atom. The zero-order valence-corrected chi connectivity index (χ0v) is 14.4. The number of carbonyl (C=O) groups is 2. The molecule has 1 amide bonds. The molecular weight excluding hydrogens is 308 g/mol. The average molecular weight is 334 g/mol. The summed E-state index contributed by atoms with van der Waals surface area (Å²) in [6.45, 7) is 2.84. The van der Waals surface area contributed by atoms with Gasteiger partial charge >= 0.3 is 0 Å². The van der Waals surface area contributed by atoms with Gasteiger partial charge in [-0.1, -0.05) is 0 Å². The number of benzene rings is 1. The van der Waals surface area contributed by atoms with E-state index in [1.54, 1.807) is 38.5 Å². The van der Waals surface area contributed by atoms with Crippen molar-refractivity contribution >= 4 is 11.7 Å². The van der Waals surface area contributed by atoms with Crippen molar-refractivity contribution in [1.29, 1.82) is 0 Å². The molecule has 6 nitrogen and oxygen atoms in total. The molecule has 0 unspecified atom stereocenters. The average Bonchev–Trinajstić information content (AvgIpc) is 2.64. The van der Waals surface area contributed by atoms with Gasteiger partial charge in [-0.05, 0) is 37.1 Å². The smallest absolute Gasteiger partial charge is 0.236 e. The van der Waals surface area contributed by atoms with Gasteiger partial charge < -0.3 is 19.7 Å². The number of rotatable bonds is 8. The van der Waals surface area contributed by atoms with E-state index < -0.39 is 0 Å². The summed E-state index contributed by atoms with van der Waals surface area (Å²) < 4.78 is 10.0. The van der Waals surface area contributed by atoms with Crippen LogP contribution in [0, 0.1) is 5.92 Å². The summed E-state index contributed by atoms with van der Waals surface area (Å²) in [5.74, 6) is 0.973. The Balaban J connectivity index is 1.78. The molecular formula is C18H26N2O4. The Morgan fingerprint density at radius 3 is 2.42 bits per heavy atom. The van der Waals surface area contributed by atoms with Gasteiger partial charge in [0.05, 0.1) is 20.3 Å². The maximum atomic E-state index is 12.5.